The summed E-state index contributed by atoms with van der Waals surface area (Å²) < 4.78 is 31.3. The van der Waals surface area contributed by atoms with Gasteiger partial charge in [0.1, 0.15) is 5.75 Å². The monoisotopic (exact) mass is 295 g/mol. The molecule has 0 radical (unpaired) electrons. The highest BCUT2D eigenvalue weighted by Gasteiger charge is 2.17. The van der Waals surface area contributed by atoms with Gasteiger partial charge in [0.2, 0.25) is 0 Å². The van der Waals surface area contributed by atoms with Gasteiger partial charge in [0.15, 0.2) is 0 Å². The van der Waals surface area contributed by atoms with Gasteiger partial charge in [0.05, 0.1) is 23.1 Å². The number of ether oxygens (including phenoxy) is 1. The molecule has 21 heavy (non-hydrogen) atoms. The molecule has 0 spiro atoms. The van der Waals surface area contributed by atoms with Gasteiger partial charge >= 0.3 is 6.61 Å². The molecule has 0 bridgehead atoms. The molecule has 1 N–H and O–H groups in total. The van der Waals surface area contributed by atoms with E-state index in [1.165, 1.54) is 0 Å². The minimum atomic E-state index is -2.83. The van der Waals surface area contributed by atoms with Crippen molar-refractivity contribution in [2.75, 3.05) is 5.32 Å². The Kier molecular flexibility index (Phi) is 4.45. The van der Waals surface area contributed by atoms with Crippen molar-refractivity contribution >= 4 is 5.69 Å². The second kappa shape index (κ2) is 6.11. The molecular formula is C15H19F2N3O. The lowest BCUT2D eigenvalue weighted by molar-refractivity contribution is -0.0505. The van der Waals surface area contributed by atoms with Crippen LogP contribution in [0.5, 0.6) is 5.75 Å². The molecule has 0 saturated heterocycles. The maximum atomic E-state index is 12.5. The van der Waals surface area contributed by atoms with Crippen molar-refractivity contribution < 1.29 is 13.5 Å². The van der Waals surface area contributed by atoms with Crippen molar-refractivity contribution in [3.05, 3.63) is 41.2 Å². The van der Waals surface area contributed by atoms with E-state index in [9.17, 15) is 8.78 Å². The van der Waals surface area contributed by atoms with Crippen molar-refractivity contribution in [2.45, 2.75) is 33.4 Å². The Morgan fingerprint density at radius 1 is 1.24 bits per heavy atom. The number of nitrogens with one attached hydrogen (secondary N) is 1. The molecule has 0 aliphatic rings. The minimum absolute atomic E-state index is 0.179. The highest BCUT2D eigenvalue weighted by molar-refractivity contribution is 5.54. The van der Waals surface area contributed by atoms with Gasteiger partial charge in [-0.15, -0.1) is 0 Å². The summed E-state index contributed by atoms with van der Waals surface area (Å²) >= 11 is 0. The number of aryl methyl sites for hydroxylation is 2. The number of nitrogens with zero attached hydrogens (tertiary/aromatic N) is 2. The second-order valence-electron chi connectivity index (χ2n) is 4.95. The molecule has 0 saturated carbocycles. The zero-order chi connectivity index (χ0) is 15.6. The van der Waals surface area contributed by atoms with Crippen molar-refractivity contribution in [3.8, 4) is 5.75 Å². The van der Waals surface area contributed by atoms with E-state index in [-0.39, 0.29) is 11.8 Å². The lowest BCUT2D eigenvalue weighted by Crippen LogP contribution is -2.12. The molecule has 2 rings (SSSR count). The van der Waals surface area contributed by atoms with E-state index >= 15 is 0 Å². The third kappa shape index (κ3) is 3.32. The van der Waals surface area contributed by atoms with Crippen LogP contribution in [0.4, 0.5) is 14.5 Å². The number of anilines is 1. The van der Waals surface area contributed by atoms with E-state index in [4.69, 9.17) is 0 Å². The quantitative estimate of drug-likeness (QED) is 0.911. The topological polar surface area (TPSA) is 39.1 Å². The first-order valence-electron chi connectivity index (χ1n) is 6.70. The summed E-state index contributed by atoms with van der Waals surface area (Å²) in [5.74, 6) is 0.187. The van der Waals surface area contributed by atoms with Crippen LogP contribution in [0.25, 0.3) is 0 Å². The number of hydrogen-bond acceptors (Lipinski definition) is 3. The number of benzene rings is 1. The molecule has 4 nitrogen and oxygen atoms in total. The van der Waals surface area contributed by atoms with Gasteiger partial charge in [-0.2, -0.15) is 13.9 Å². The van der Waals surface area contributed by atoms with Crippen LogP contribution < -0.4 is 10.1 Å². The fourth-order valence-corrected chi connectivity index (χ4v) is 2.32. The van der Waals surface area contributed by atoms with E-state index < -0.39 is 6.61 Å². The molecule has 2 aromatic rings. The summed E-state index contributed by atoms with van der Waals surface area (Å²) in [6.07, 6.45) is 0. The maximum Gasteiger partial charge on any atom is 0.387 e. The molecule has 0 fully saturated rings. The predicted octanol–water partition coefficient (Wildman–Crippen LogP) is 3.81. The Bertz CT molecular complexity index is 625. The SMILES string of the molecule is Cc1nn(C)c(C)c1NC(C)c1ccccc1OC(F)F. The zero-order valence-corrected chi connectivity index (χ0v) is 12.5. The summed E-state index contributed by atoms with van der Waals surface area (Å²) in [5.41, 5.74) is 3.46. The molecule has 1 heterocycles. The number of para-hydroxylation sites is 1. The lowest BCUT2D eigenvalue weighted by atomic mass is 10.1. The average Bonchev–Trinajstić information content (AvgIpc) is 2.65. The van der Waals surface area contributed by atoms with Crippen LogP contribution >= 0.6 is 0 Å². The molecule has 0 aliphatic carbocycles. The second-order valence-corrected chi connectivity index (χ2v) is 4.95. The predicted molar refractivity (Wildman–Crippen MR) is 77.8 cm³/mol. The number of alkyl halides is 2. The molecular weight excluding hydrogens is 276 g/mol. The molecule has 114 valence electrons. The molecule has 1 aromatic heterocycles. The van der Waals surface area contributed by atoms with Gasteiger partial charge in [-0.05, 0) is 26.8 Å². The van der Waals surface area contributed by atoms with E-state index in [0.29, 0.717) is 5.56 Å². The molecule has 1 unspecified atom stereocenters. The summed E-state index contributed by atoms with van der Waals surface area (Å²) in [5, 5.41) is 7.65. The van der Waals surface area contributed by atoms with Crippen LogP contribution in [0.2, 0.25) is 0 Å². The lowest BCUT2D eigenvalue weighted by Gasteiger charge is -2.19. The first-order valence-corrected chi connectivity index (χ1v) is 6.70. The highest BCUT2D eigenvalue weighted by Crippen LogP contribution is 2.30. The summed E-state index contributed by atoms with van der Waals surface area (Å²) in [4.78, 5) is 0. The van der Waals surface area contributed by atoms with Gasteiger partial charge in [-0.25, -0.2) is 0 Å². The van der Waals surface area contributed by atoms with Crippen LogP contribution in [-0.4, -0.2) is 16.4 Å². The number of rotatable bonds is 5. The number of aromatic nitrogens is 2. The number of hydrogen-bond donors (Lipinski definition) is 1. The third-order valence-electron chi connectivity index (χ3n) is 3.47. The molecule has 0 aliphatic heterocycles. The van der Waals surface area contributed by atoms with Crippen molar-refractivity contribution in [1.29, 1.82) is 0 Å². The Morgan fingerprint density at radius 3 is 2.48 bits per heavy atom. The third-order valence-corrected chi connectivity index (χ3v) is 3.47. The standard InChI is InChI=1S/C15H19F2N3O/c1-9(18-14-10(2)19-20(4)11(14)3)12-7-5-6-8-13(12)21-15(16)17/h5-9,15,18H,1-4H3. The van der Waals surface area contributed by atoms with Crippen molar-refractivity contribution in [3.63, 3.8) is 0 Å². The summed E-state index contributed by atoms with van der Waals surface area (Å²) in [7, 11) is 1.87. The van der Waals surface area contributed by atoms with Gasteiger partial charge < -0.3 is 10.1 Å². The Balaban J connectivity index is 2.26. The van der Waals surface area contributed by atoms with Crippen molar-refractivity contribution in [2.24, 2.45) is 7.05 Å². The Hall–Kier alpha value is -2.11. The number of halogens is 2. The molecule has 1 atom stereocenters. The van der Waals surface area contributed by atoms with E-state index in [2.05, 4.69) is 15.2 Å². The van der Waals surface area contributed by atoms with Crippen LogP contribution in [0.15, 0.2) is 24.3 Å². The zero-order valence-electron chi connectivity index (χ0n) is 12.5. The summed E-state index contributed by atoms with van der Waals surface area (Å²) in [6.45, 7) is 2.93. The van der Waals surface area contributed by atoms with Gasteiger partial charge in [0, 0.05) is 12.6 Å². The first kappa shape index (κ1) is 15.3. The highest BCUT2D eigenvalue weighted by atomic mass is 19.3. The van der Waals surface area contributed by atoms with Crippen molar-refractivity contribution in [1.82, 2.24) is 9.78 Å². The average molecular weight is 295 g/mol. The smallest absolute Gasteiger partial charge is 0.387 e. The van der Waals surface area contributed by atoms with Crippen LogP contribution in [0.3, 0.4) is 0 Å². The minimum Gasteiger partial charge on any atom is -0.434 e. The Labute approximate surface area is 122 Å². The van der Waals surface area contributed by atoms with Gasteiger partial charge in [-0.1, -0.05) is 18.2 Å². The van der Waals surface area contributed by atoms with Gasteiger partial charge in [-0.3, -0.25) is 4.68 Å². The van der Waals surface area contributed by atoms with Crippen LogP contribution in [-0.2, 0) is 7.05 Å². The van der Waals surface area contributed by atoms with Gasteiger partial charge in [0.25, 0.3) is 0 Å². The fourth-order valence-electron chi connectivity index (χ4n) is 2.32. The van der Waals surface area contributed by atoms with E-state index in [1.807, 2.05) is 27.8 Å². The molecule has 6 heteroatoms. The fraction of sp³-hybridized carbons (Fsp3) is 0.400. The van der Waals surface area contributed by atoms with Crippen LogP contribution in [0.1, 0.15) is 29.9 Å². The van der Waals surface area contributed by atoms with E-state index in [0.717, 1.165) is 17.1 Å². The largest absolute Gasteiger partial charge is 0.434 e. The molecule has 0 amide bonds. The summed E-state index contributed by atoms with van der Waals surface area (Å²) in [6, 6.07) is 6.61. The maximum absolute atomic E-state index is 12.5. The normalized spacial score (nSPS) is 12.5. The molecule has 1 aromatic carbocycles. The van der Waals surface area contributed by atoms with E-state index in [1.54, 1.807) is 28.9 Å². The first-order chi connectivity index (χ1) is 9.90. The Morgan fingerprint density at radius 2 is 1.90 bits per heavy atom. The van der Waals surface area contributed by atoms with Crippen LogP contribution in [0, 0.1) is 13.8 Å².